The lowest BCUT2D eigenvalue weighted by Crippen LogP contribution is -2.14. The van der Waals surface area contributed by atoms with Crippen LogP contribution in [0, 0.1) is 25.2 Å². The second-order valence-corrected chi connectivity index (χ2v) is 5.56. The molecule has 0 fully saturated rings. The summed E-state index contributed by atoms with van der Waals surface area (Å²) in [7, 11) is 1.31. The minimum absolute atomic E-state index is 0.0224. The van der Waals surface area contributed by atoms with Crippen molar-refractivity contribution in [3.63, 3.8) is 0 Å². The molecule has 1 N–H and O–H groups in total. The number of anilines is 1. The Morgan fingerprint density at radius 2 is 1.80 bits per heavy atom. The van der Waals surface area contributed by atoms with Gasteiger partial charge in [0.15, 0.2) is 0 Å². The average molecular weight is 334 g/mol. The molecule has 126 valence electrons. The molecule has 1 amide bonds. The first kappa shape index (κ1) is 18.0. The predicted octanol–water partition coefficient (Wildman–Crippen LogP) is 3.64. The fraction of sp³-hybridized carbons (Fsp3) is 0.150. The van der Waals surface area contributed by atoms with E-state index >= 15 is 0 Å². The summed E-state index contributed by atoms with van der Waals surface area (Å²) in [4.78, 5) is 23.7. The number of hydrogen-bond donors (Lipinski definition) is 1. The summed E-state index contributed by atoms with van der Waals surface area (Å²) in [6.07, 6.45) is 1.47. The SMILES string of the molecule is COC(=O)c1ccc(/C=C(\C#N)C(=O)Nc2ccc(C)cc2C)cc1. The number of nitrogens with one attached hydrogen (secondary N) is 1. The van der Waals surface area contributed by atoms with E-state index in [-0.39, 0.29) is 5.57 Å². The van der Waals surface area contributed by atoms with Crippen molar-refractivity contribution in [1.82, 2.24) is 0 Å². The number of amides is 1. The smallest absolute Gasteiger partial charge is 0.337 e. The van der Waals surface area contributed by atoms with Gasteiger partial charge in [-0.2, -0.15) is 5.26 Å². The maximum Gasteiger partial charge on any atom is 0.337 e. The van der Waals surface area contributed by atoms with E-state index in [0.717, 1.165) is 11.1 Å². The molecule has 25 heavy (non-hydrogen) atoms. The van der Waals surface area contributed by atoms with E-state index in [0.29, 0.717) is 16.8 Å². The van der Waals surface area contributed by atoms with Gasteiger partial charge < -0.3 is 10.1 Å². The van der Waals surface area contributed by atoms with E-state index < -0.39 is 11.9 Å². The van der Waals surface area contributed by atoms with Gasteiger partial charge in [-0.25, -0.2) is 4.79 Å². The quantitative estimate of drug-likeness (QED) is 0.526. The Bertz CT molecular complexity index is 875. The Kier molecular flexibility index (Phi) is 5.70. The van der Waals surface area contributed by atoms with Crippen molar-refractivity contribution in [2.75, 3.05) is 12.4 Å². The first-order valence-electron chi connectivity index (χ1n) is 7.63. The number of carbonyl (C=O) groups is 2. The van der Waals surface area contributed by atoms with Crippen LogP contribution in [0.4, 0.5) is 5.69 Å². The summed E-state index contributed by atoms with van der Waals surface area (Å²) >= 11 is 0. The molecule has 0 atom stereocenters. The van der Waals surface area contributed by atoms with Gasteiger partial charge in [0.1, 0.15) is 11.6 Å². The van der Waals surface area contributed by atoms with Gasteiger partial charge in [-0.05, 0) is 49.2 Å². The van der Waals surface area contributed by atoms with Gasteiger partial charge in [-0.1, -0.05) is 29.8 Å². The van der Waals surface area contributed by atoms with Crippen LogP contribution in [0.25, 0.3) is 6.08 Å². The van der Waals surface area contributed by atoms with Crippen LogP contribution in [0.3, 0.4) is 0 Å². The summed E-state index contributed by atoms with van der Waals surface area (Å²) in [6.45, 7) is 3.86. The zero-order valence-corrected chi connectivity index (χ0v) is 14.3. The summed E-state index contributed by atoms with van der Waals surface area (Å²) in [6, 6.07) is 14.0. The van der Waals surface area contributed by atoms with Gasteiger partial charge in [0.2, 0.25) is 0 Å². The van der Waals surface area contributed by atoms with Gasteiger partial charge in [-0.3, -0.25) is 4.79 Å². The molecule has 0 aliphatic heterocycles. The molecule has 0 unspecified atom stereocenters. The molecule has 2 aromatic carbocycles. The summed E-state index contributed by atoms with van der Waals surface area (Å²) in [5, 5.41) is 12.0. The van der Waals surface area contributed by atoms with Crippen molar-refractivity contribution in [3.8, 4) is 6.07 Å². The highest BCUT2D eigenvalue weighted by molar-refractivity contribution is 6.10. The lowest BCUT2D eigenvalue weighted by molar-refractivity contribution is -0.112. The van der Waals surface area contributed by atoms with Crippen LogP contribution in [-0.4, -0.2) is 19.0 Å². The Morgan fingerprint density at radius 1 is 1.12 bits per heavy atom. The zero-order chi connectivity index (χ0) is 18.4. The molecule has 0 aliphatic rings. The molecule has 0 aliphatic carbocycles. The minimum atomic E-state index is -0.480. The maximum absolute atomic E-state index is 12.3. The average Bonchev–Trinajstić information content (AvgIpc) is 2.61. The van der Waals surface area contributed by atoms with Crippen LogP contribution in [0.15, 0.2) is 48.0 Å². The van der Waals surface area contributed by atoms with E-state index in [1.54, 1.807) is 24.3 Å². The highest BCUT2D eigenvalue weighted by Gasteiger charge is 2.11. The number of carbonyl (C=O) groups excluding carboxylic acids is 2. The van der Waals surface area contributed by atoms with Crippen LogP contribution in [-0.2, 0) is 9.53 Å². The Labute approximate surface area is 146 Å². The number of aryl methyl sites for hydroxylation is 2. The first-order chi connectivity index (χ1) is 11.9. The Morgan fingerprint density at radius 3 is 2.36 bits per heavy atom. The van der Waals surface area contributed by atoms with Gasteiger partial charge in [0.25, 0.3) is 5.91 Å². The standard InChI is InChI=1S/C20H18N2O3/c1-13-4-9-18(14(2)10-13)22-19(23)17(12-21)11-15-5-7-16(8-6-15)20(24)25-3/h4-11H,1-3H3,(H,22,23)/b17-11+. The van der Waals surface area contributed by atoms with E-state index in [1.165, 1.54) is 13.2 Å². The molecule has 0 saturated heterocycles. The van der Waals surface area contributed by atoms with Crippen LogP contribution in [0.5, 0.6) is 0 Å². The van der Waals surface area contributed by atoms with E-state index in [2.05, 4.69) is 10.1 Å². The molecule has 0 aromatic heterocycles. The van der Waals surface area contributed by atoms with Crippen molar-refractivity contribution in [2.45, 2.75) is 13.8 Å². The van der Waals surface area contributed by atoms with Crippen LogP contribution < -0.4 is 5.32 Å². The highest BCUT2D eigenvalue weighted by Crippen LogP contribution is 2.17. The number of nitrogens with zero attached hydrogens (tertiary/aromatic N) is 1. The number of benzene rings is 2. The maximum atomic E-state index is 12.3. The molecule has 0 spiro atoms. The molecule has 0 heterocycles. The van der Waals surface area contributed by atoms with Crippen molar-refractivity contribution in [3.05, 3.63) is 70.3 Å². The molecule has 0 radical (unpaired) electrons. The highest BCUT2D eigenvalue weighted by atomic mass is 16.5. The predicted molar refractivity (Wildman–Crippen MR) is 95.9 cm³/mol. The van der Waals surface area contributed by atoms with E-state index in [1.807, 2.05) is 38.1 Å². The van der Waals surface area contributed by atoms with Gasteiger partial charge >= 0.3 is 5.97 Å². The number of rotatable bonds is 4. The van der Waals surface area contributed by atoms with Crippen molar-refractivity contribution < 1.29 is 14.3 Å². The second kappa shape index (κ2) is 7.93. The molecular weight excluding hydrogens is 316 g/mol. The molecule has 2 aromatic rings. The number of ether oxygens (including phenoxy) is 1. The largest absolute Gasteiger partial charge is 0.465 e. The third-order valence-corrected chi connectivity index (χ3v) is 3.64. The third kappa shape index (κ3) is 4.55. The molecular formula is C20H18N2O3. The van der Waals surface area contributed by atoms with E-state index in [4.69, 9.17) is 0 Å². The monoisotopic (exact) mass is 334 g/mol. The minimum Gasteiger partial charge on any atom is -0.465 e. The third-order valence-electron chi connectivity index (χ3n) is 3.64. The zero-order valence-electron chi connectivity index (χ0n) is 14.3. The topological polar surface area (TPSA) is 79.2 Å². The summed E-state index contributed by atoms with van der Waals surface area (Å²) in [5.74, 6) is -0.921. The number of methoxy groups -OCH3 is 1. The van der Waals surface area contributed by atoms with Crippen molar-refractivity contribution in [2.24, 2.45) is 0 Å². The van der Waals surface area contributed by atoms with Gasteiger partial charge in [0.05, 0.1) is 12.7 Å². The number of esters is 1. The van der Waals surface area contributed by atoms with Gasteiger partial charge in [-0.15, -0.1) is 0 Å². The van der Waals surface area contributed by atoms with Gasteiger partial charge in [0, 0.05) is 5.69 Å². The Balaban J connectivity index is 2.20. The lowest BCUT2D eigenvalue weighted by Gasteiger charge is -2.08. The van der Waals surface area contributed by atoms with Crippen LogP contribution >= 0.6 is 0 Å². The van der Waals surface area contributed by atoms with Crippen molar-refractivity contribution in [1.29, 1.82) is 5.26 Å². The molecule has 0 saturated carbocycles. The summed E-state index contributed by atoms with van der Waals surface area (Å²) < 4.78 is 4.63. The van der Waals surface area contributed by atoms with Crippen molar-refractivity contribution >= 4 is 23.6 Å². The number of nitriles is 1. The molecule has 5 heteroatoms. The first-order valence-corrected chi connectivity index (χ1v) is 7.63. The molecule has 0 bridgehead atoms. The fourth-order valence-electron chi connectivity index (χ4n) is 2.29. The lowest BCUT2D eigenvalue weighted by atomic mass is 10.1. The Hall–Kier alpha value is -3.39. The normalized spacial score (nSPS) is 10.7. The fourth-order valence-corrected chi connectivity index (χ4v) is 2.29. The van der Waals surface area contributed by atoms with Crippen LogP contribution in [0.2, 0.25) is 0 Å². The van der Waals surface area contributed by atoms with E-state index in [9.17, 15) is 14.9 Å². The number of hydrogen-bond acceptors (Lipinski definition) is 4. The molecule has 5 nitrogen and oxygen atoms in total. The summed E-state index contributed by atoms with van der Waals surface area (Å²) in [5.41, 5.74) is 3.70. The second-order valence-electron chi connectivity index (χ2n) is 5.56. The van der Waals surface area contributed by atoms with Crippen LogP contribution in [0.1, 0.15) is 27.0 Å². The molecule has 2 rings (SSSR count).